The van der Waals surface area contributed by atoms with Crippen molar-refractivity contribution in [3.8, 4) is 0 Å². The molecule has 2 aromatic heterocycles. The number of aromatic amines is 1. The highest BCUT2D eigenvalue weighted by molar-refractivity contribution is 6.03. The van der Waals surface area contributed by atoms with Crippen LogP contribution in [0.5, 0.6) is 0 Å². The monoisotopic (exact) mass is 298 g/mol. The first kappa shape index (κ1) is 14.8. The Morgan fingerprint density at radius 3 is 2.77 bits per heavy atom. The van der Waals surface area contributed by atoms with E-state index < -0.39 is 0 Å². The molecule has 0 fully saturated rings. The molecular formula is C17H22N4O. The summed E-state index contributed by atoms with van der Waals surface area (Å²) in [6, 6.07) is 7.97. The molecule has 22 heavy (non-hydrogen) atoms. The van der Waals surface area contributed by atoms with E-state index in [-0.39, 0.29) is 11.0 Å². The third kappa shape index (κ3) is 2.31. The molecule has 5 nitrogen and oxygen atoms in total. The van der Waals surface area contributed by atoms with Crippen molar-refractivity contribution in [2.75, 3.05) is 13.6 Å². The zero-order valence-corrected chi connectivity index (χ0v) is 13.5. The van der Waals surface area contributed by atoms with Crippen molar-refractivity contribution in [3.63, 3.8) is 0 Å². The topological polar surface area (TPSA) is 62.7 Å². The van der Waals surface area contributed by atoms with Gasteiger partial charge >= 0.3 is 0 Å². The van der Waals surface area contributed by atoms with E-state index in [9.17, 15) is 4.79 Å². The van der Waals surface area contributed by atoms with Gasteiger partial charge in [0.1, 0.15) is 5.52 Å². The highest BCUT2D eigenvalue weighted by Gasteiger charge is 2.22. The van der Waals surface area contributed by atoms with E-state index in [1.807, 2.05) is 42.8 Å². The molecule has 5 heteroatoms. The lowest BCUT2D eigenvalue weighted by atomic mass is 9.93. The zero-order valence-electron chi connectivity index (χ0n) is 13.5. The summed E-state index contributed by atoms with van der Waals surface area (Å²) in [5.74, 6) is 0. The first-order valence-corrected chi connectivity index (χ1v) is 7.55. The summed E-state index contributed by atoms with van der Waals surface area (Å²) in [4.78, 5) is 13.0. The number of nitrogens with zero attached hydrogens (tertiary/aromatic N) is 2. The van der Waals surface area contributed by atoms with Gasteiger partial charge in [-0.1, -0.05) is 32.0 Å². The molecule has 0 unspecified atom stereocenters. The molecule has 0 spiro atoms. The Balaban J connectivity index is 2.34. The third-order valence-electron chi connectivity index (χ3n) is 4.10. The molecule has 0 aliphatic carbocycles. The van der Waals surface area contributed by atoms with Crippen LogP contribution in [0, 0.1) is 12.3 Å². The summed E-state index contributed by atoms with van der Waals surface area (Å²) in [6.07, 6.45) is 0. The van der Waals surface area contributed by atoms with Crippen molar-refractivity contribution in [3.05, 3.63) is 40.3 Å². The van der Waals surface area contributed by atoms with Gasteiger partial charge in [0, 0.05) is 24.2 Å². The SMILES string of the molecule is CNCC(C)(C)Cn1c(=O)c2c(C)[nH]nc2c2ccccc21. The zero-order chi connectivity index (χ0) is 15.9. The van der Waals surface area contributed by atoms with E-state index in [4.69, 9.17) is 0 Å². The number of hydrogen-bond donors (Lipinski definition) is 2. The normalized spacial score (nSPS) is 12.4. The molecule has 0 amide bonds. The van der Waals surface area contributed by atoms with Crippen LogP contribution in [0.3, 0.4) is 0 Å². The Morgan fingerprint density at radius 2 is 2.05 bits per heavy atom. The summed E-state index contributed by atoms with van der Waals surface area (Å²) in [5, 5.41) is 12.2. The molecule has 0 atom stereocenters. The van der Waals surface area contributed by atoms with Gasteiger partial charge in [-0.2, -0.15) is 5.10 Å². The summed E-state index contributed by atoms with van der Waals surface area (Å²) in [6.45, 7) is 7.73. The second-order valence-electron chi connectivity index (χ2n) is 6.68. The van der Waals surface area contributed by atoms with Gasteiger partial charge in [0.05, 0.1) is 10.9 Å². The quantitative estimate of drug-likeness (QED) is 0.777. The van der Waals surface area contributed by atoms with Crippen molar-refractivity contribution < 1.29 is 0 Å². The highest BCUT2D eigenvalue weighted by atomic mass is 16.1. The van der Waals surface area contributed by atoms with E-state index >= 15 is 0 Å². The molecule has 1 aromatic carbocycles. The minimum Gasteiger partial charge on any atom is -0.319 e. The van der Waals surface area contributed by atoms with Crippen LogP contribution in [0.25, 0.3) is 21.8 Å². The average Bonchev–Trinajstić information content (AvgIpc) is 2.86. The Hall–Kier alpha value is -2.14. The Morgan fingerprint density at radius 1 is 1.32 bits per heavy atom. The van der Waals surface area contributed by atoms with E-state index in [1.54, 1.807) is 0 Å². The molecule has 116 valence electrons. The van der Waals surface area contributed by atoms with Crippen molar-refractivity contribution in [1.82, 2.24) is 20.1 Å². The van der Waals surface area contributed by atoms with Gasteiger partial charge in [0.15, 0.2) is 0 Å². The van der Waals surface area contributed by atoms with Crippen LogP contribution >= 0.6 is 0 Å². The maximum Gasteiger partial charge on any atom is 0.262 e. The van der Waals surface area contributed by atoms with Gasteiger partial charge in [-0.15, -0.1) is 0 Å². The van der Waals surface area contributed by atoms with Gasteiger partial charge < -0.3 is 9.88 Å². The number of pyridine rings is 1. The lowest BCUT2D eigenvalue weighted by Crippen LogP contribution is -2.35. The molecule has 0 radical (unpaired) electrons. The number of fused-ring (bicyclic) bond motifs is 3. The lowest BCUT2D eigenvalue weighted by molar-refractivity contribution is 0.298. The molecule has 3 rings (SSSR count). The number of aryl methyl sites for hydroxylation is 1. The predicted molar refractivity (Wildman–Crippen MR) is 90.3 cm³/mol. The fraction of sp³-hybridized carbons (Fsp3) is 0.412. The largest absolute Gasteiger partial charge is 0.319 e. The second-order valence-corrected chi connectivity index (χ2v) is 6.68. The van der Waals surface area contributed by atoms with E-state index in [2.05, 4.69) is 29.4 Å². The molecule has 0 saturated carbocycles. The third-order valence-corrected chi connectivity index (χ3v) is 4.10. The summed E-state index contributed by atoms with van der Waals surface area (Å²) in [7, 11) is 1.94. The van der Waals surface area contributed by atoms with Crippen LogP contribution in [0.4, 0.5) is 0 Å². The molecule has 0 aliphatic rings. The standard InChI is InChI=1S/C17H22N4O/c1-11-14-15(20-19-11)12-7-5-6-8-13(12)21(16(14)22)10-17(2,3)9-18-4/h5-8,18H,9-10H2,1-4H3,(H,19,20). The van der Waals surface area contributed by atoms with Crippen molar-refractivity contribution >= 4 is 21.8 Å². The van der Waals surface area contributed by atoms with Crippen molar-refractivity contribution in [1.29, 1.82) is 0 Å². The van der Waals surface area contributed by atoms with Crippen LogP contribution < -0.4 is 10.9 Å². The first-order valence-electron chi connectivity index (χ1n) is 7.55. The van der Waals surface area contributed by atoms with Gasteiger partial charge in [0.2, 0.25) is 0 Å². The number of rotatable bonds is 4. The van der Waals surface area contributed by atoms with Crippen LogP contribution in [0.2, 0.25) is 0 Å². The molecule has 2 N–H and O–H groups in total. The lowest BCUT2D eigenvalue weighted by Gasteiger charge is -2.26. The maximum absolute atomic E-state index is 13.0. The Labute approximate surface area is 129 Å². The summed E-state index contributed by atoms with van der Waals surface area (Å²) >= 11 is 0. The average molecular weight is 298 g/mol. The molecule has 0 bridgehead atoms. The predicted octanol–water partition coefficient (Wildman–Crippen LogP) is 2.43. The number of benzene rings is 1. The number of para-hydroxylation sites is 1. The van der Waals surface area contributed by atoms with Crippen LogP contribution in [-0.4, -0.2) is 28.4 Å². The number of aromatic nitrogens is 3. The first-order chi connectivity index (χ1) is 10.4. The molecule has 2 heterocycles. The van der Waals surface area contributed by atoms with Crippen molar-refractivity contribution in [2.24, 2.45) is 5.41 Å². The fourth-order valence-electron chi connectivity index (χ4n) is 3.16. The van der Waals surface area contributed by atoms with Gasteiger partial charge in [-0.3, -0.25) is 9.89 Å². The smallest absolute Gasteiger partial charge is 0.262 e. The van der Waals surface area contributed by atoms with Gasteiger partial charge in [-0.05, 0) is 25.5 Å². The van der Waals surface area contributed by atoms with Gasteiger partial charge in [-0.25, -0.2) is 0 Å². The molecular weight excluding hydrogens is 276 g/mol. The van der Waals surface area contributed by atoms with Crippen LogP contribution in [0.1, 0.15) is 19.5 Å². The molecule has 0 aliphatic heterocycles. The Kier molecular flexibility index (Phi) is 3.53. The minimum atomic E-state index is -0.0212. The maximum atomic E-state index is 13.0. The Bertz CT molecular complexity index is 889. The second kappa shape index (κ2) is 5.25. The minimum absolute atomic E-state index is 0.0212. The van der Waals surface area contributed by atoms with E-state index in [1.165, 1.54) is 0 Å². The number of H-pyrrole nitrogens is 1. The summed E-state index contributed by atoms with van der Waals surface area (Å²) < 4.78 is 1.89. The van der Waals surface area contributed by atoms with E-state index in [0.29, 0.717) is 11.9 Å². The highest BCUT2D eigenvalue weighted by Crippen LogP contribution is 2.25. The van der Waals surface area contributed by atoms with Gasteiger partial charge in [0.25, 0.3) is 5.56 Å². The molecule has 3 aromatic rings. The molecule has 0 saturated heterocycles. The number of hydrogen-bond acceptors (Lipinski definition) is 3. The van der Waals surface area contributed by atoms with Crippen LogP contribution in [-0.2, 0) is 6.54 Å². The van der Waals surface area contributed by atoms with E-state index in [0.717, 1.165) is 28.7 Å². The van der Waals surface area contributed by atoms with Crippen LogP contribution in [0.15, 0.2) is 29.1 Å². The fourth-order valence-corrected chi connectivity index (χ4v) is 3.16. The van der Waals surface area contributed by atoms with Crippen molar-refractivity contribution in [2.45, 2.75) is 27.3 Å². The number of nitrogens with one attached hydrogen (secondary N) is 2. The summed E-state index contributed by atoms with van der Waals surface area (Å²) in [5.41, 5.74) is 2.54.